The van der Waals surface area contributed by atoms with Gasteiger partial charge in [-0.25, -0.2) is 12.8 Å². The summed E-state index contributed by atoms with van der Waals surface area (Å²) in [5, 5.41) is 0. The molecule has 2 nitrogen and oxygen atoms in total. The molecule has 1 rings (SSSR count). The highest BCUT2D eigenvalue weighted by Gasteiger charge is 2.14. The molecular weight excluding hydrogens is 227 g/mol. The lowest BCUT2D eigenvalue weighted by atomic mass is 10.2. The molecule has 0 saturated heterocycles. The van der Waals surface area contributed by atoms with Crippen molar-refractivity contribution in [1.82, 2.24) is 0 Å². The first kappa shape index (κ1) is 13.2. The predicted molar refractivity (Wildman–Crippen MR) is 62.6 cm³/mol. The van der Waals surface area contributed by atoms with Crippen molar-refractivity contribution in [2.75, 3.05) is 5.75 Å². The Balaban J connectivity index is 2.64. The van der Waals surface area contributed by atoms with Crippen molar-refractivity contribution in [2.45, 2.75) is 37.5 Å². The number of benzene rings is 1. The number of hydrogen-bond acceptors (Lipinski definition) is 2. The second-order valence-electron chi connectivity index (χ2n) is 3.84. The third-order valence-electron chi connectivity index (χ3n) is 2.42. The summed E-state index contributed by atoms with van der Waals surface area (Å²) in [5.41, 5.74) is 0. The Morgan fingerprint density at radius 3 is 2.56 bits per heavy atom. The van der Waals surface area contributed by atoms with E-state index in [1.54, 1.807) is 0 Å². The topological polar surface area (TPSA) is 34.1 Å². The molecule has 0 radical (unpaired) electrons. The average molecular weight is 244 g/mol. The van der Waals surface area contributed by atoms with Crippen molar-refractivity contribution >= 4 is 9.84 Å². The predicted octanol–water partition coefficient (Wildman–Crippen LogP) is 3.18. The number of halogens is 1. The third-order valence-corrected chi connectivity index (χ3v) is 4.22. The standard InChI is InChI=1S/C12H17FO2S/c1-2-3-4-5-9-16(14,15)12-8-6-7-11(13)10-12/h6-8,10H,2-5,9H2,1H3. The van der Waals surface area contributed by atoms with Crippen LogP contribution in [0.25, 0.3) is 0 Å². The molecule has 0 amide bonds. The van der Waals surface area contributed by atoms with E-state index in [2.05, 4.69) is 6.92 Å². The van der Waals surface area contributed by atoms with Gasteiger partial charge in [-0.2, -0.15) is 0 Å². The monoisotopic (exact) mass is 244 g/mol. The van der Waals surface area contributed by atoms with Crippen LogP contribution < -0.4 is 0 Å². The van der Waals surface area contributed by atoms with E-state index in [-0.39, 0.29) is 10.6 Å². The van der Waals surface area contributed by atoms with Crippen LogP contribution in [0.5, 0.6) is 0 Å². The van der Waals surface area contributed by atoms with Gasteiger partial charge < -0.3 is 0 Å². The van der Waals surface area contributed by atoms with Gasteiger partial charge in [-0.15, -0.1) is 0 Å². The van der Waals surface area contributed by atoms with Crippen molar-refractivity contribution in [1.29, 1.82) is 0 Å². The van der Waals surface area contributed by atoms with Crippen molar-refractivity contribution < 1.29 is 12.8 Å². The van der Waals surface area contributed by atoms with E-state index in [1.165, 1.54) is 18.2 Å². The lowest BCUT2D eigenvalue weighted by Gasteiger charge is -2.04. The fraction of sp³-hybridized carbons (Fsp3) is 0.500. The molecule has 0 aliphatic heterocycles. The number of sulfone groups is 1. The molecule has 0 spiro atoms. The van der Waals surface area contributed by atoms with Gasteiger partial charge in [-0.1, -0.05) is 32.3 Å². The van der Waals surface area contributed by atoms with E-state index in [4.69, 9.17) is 0 Å². The summed E-state index contributed by atoms with van der Waals surface area (Å²) >= 11 is 0. The number of rotatable bonds is 6. The van der Waals surface area contributed by atoms with Crippen LogP contribution in [-0.4, -0.2) is 14.2 Å². The maximum absolute atomic E-state index is 12.9. The molecule has 1 aromatic carbocycles. The molecule has 0 bridgehead atoms. The van der Waals surface area contributed by atoms with Crippen molar-refractivity contribution in [3.05, 3.63) is 30.1 Å². The van der Waals surface area contributed by atoms with Crippen molar-refractivity contribution in [3.8, 4) is 0 Å². The number of hydrogen-bond donors (Lipinski definition) is 0. The SMILES string of the molecule is CCCCCCS(=O)(=O)c1cccc(F)c1. The Bertz CT molecular complexity index is 426. The second-order valence-corrected chi connectivity index (χ2v) is 5.95. The van der Waals surface area contributed by atoms with Gasteiger partial charge in [0.2, 0.25) is 0 Å². The molecule has 0 unspecified atom stereocenters. The zero-order valence-corrected chi connectivity index (χ0v) is 10.3. The van der Waals surface area contributed by atoms with Gasteiger partial charge in [0, 0.05) is 0 Å². The first-order chi connectivity index (χ1) is 7.56. The van der Waals surface area contributed by atoms with Crippen LogP contribution in [0.3, 0.4) is 0 Å². The van der Waals surface area contributed by atoms with Crippen LogP contribution in [0, 0.1) is 5.82 Å². The highest BCUT2D eigenvalue weighted by atomic mass is 32.2. The Labute approximate surface area is 96.4 Å². The van der Waals surface area contributed by atoms with E-state index in [1.807, 2.05) is 0 Å². The minimum Gasteiger partial charge on any atom is -0.224 e. The van der Waals surface area contributed by atoms with E-state index in [9.17, 15) is 12.8 Å². The Hall–Kier alpha value is -0.900. The fourth-order valence-corrected chi connectivity index (χ4v) is 2.90. The molecule has 16 heavy (non-hydrogen) atoms. The summed E-state index contributed by atoms with van der Waals surface area (Å²) in [7, 11) is -3.30. The molecule has 4 heteroatoms. The fourth-order valence-electron chi connectivity index (χ4n) is 1.50. The van der Waals surface area contributed by atoms with Crippen LogP contribution in [0.15, 0.2) is 29.2 Å². The van der Waals surface area contributed by atoms with Gasteiger partial charge in [0.15, 0.2) is 9.84 Å². The molecule has 0 saturated carbocycles. The zero-order chi connectivity index (χ0) is 12.0. The lowest BCUT2D eigenvalue weighted by Crippen LogP contribution is -2.07. The normalized spacial score (nSPS) is 11.6. The van der Waals surface area contributed by atoms with Gasteiger partial charge in [0.05, 0.1) is 10.6 Å². The average Bonchev–Trinajstić information content (AvgIpc) is 2.24. The maximum Gasteiger partial charge on any atom is 0.178 e. The van der Waals surface area contributed by atoms with Crippen LogP contribution in [0.1, 0.15) is 32.6 Å². The Morgan fingerprint density at radius 2 is 1.94 bits per heavy atom. The molecular formula is C12H17FO2S. The lowest BCUT2D eigenvalue weighted by molar-refractivity contribution is 0.584. The summed E-state index contributed by atoms with van der Waals surface area (Å²) in [6.45, 7) is 2.07. The van der Waals surface area contributed by atoms with Crippen LogP contribution in [-0.2, 0) is 9.84 Å². The molecule has 0 aliphatic rings. The van der Waals surface area contributed by atoms with E-state index in [0.29, 0.717) is 6.42 Å². The van der Waals surface area contributed by atoms with Crippen LogP contribution in [0.4, 0.5) is 4.39 Å². The smallest absolute Gasteiger partial charge is 0.178 e. The minimum absolute atomic E-state index is 0.0870. The Morgan fingerprint density at radius 1 is 1.19 bits per heavy atom. The zero-order valence-electron chi connectivity index (χ0n) is 9.45. The van der Waals surface area contributed by atoms with Crippen molar-refractivity contribution in [2.24, 2.45) is 0 Å². The highest BCUT2D eigenvalue weighted by Crippen LogP contribution is 2.14. The largest absolute Gasteiger partial charge is 0.224 e. The van der Waals surface area contributed by atoms with Gasteiger partial charge in [-0.05, 0) is 24.6 Å². The van der Waals surface area contributed by atoms with E-state index >= 15 is 0 Å². The van der Waals surface area contributed by atoms with Crippen LogP contribution in [0.2, 0.25) is 0 Å². The van der Waals surface area contributed by atoms with Gasteiger partial charge in [-0.3, -0.25) is 0 Å². The Kier molecular flexibility index (Phi) is 4.93. The quantitative estimate of drug-likeness (QED) is 0.720. The molecule has 0 N–H and O–H groups in total. The molecule has 0 aliphatic carbocycles. The summed E-state index contributed by atoms with van der Waals surface area (Å²) < 4.78 is 36.4. The molecule has 90 valence electrons. The summed E-state index contributed by atoms with van der Waals surface area (Å²) in [6.07, 6.45) is 3.66. The van der Waals surface area contributed by atoms with E-state index in [0.717, 1.165) is 25.3 Å². The molecule has 1 aromatic rings. The molecule has 0 aromatic heterocycles. The van der Waals surface area contributed by atoms with Crippen molar-refractivity contribution in [3.63, 3.8) is 0 Å². The first-order valence-corrected chi connectivity index (χ1v) is 7.20. The third kappa shape index (κ3) is 3.93. The van der Waals surface area contributed by atoms with Gasteiger partial charge >= 0.3 is 0 Å². The summed E-state index contributed by atoms with van der Waals surface area (Å²) in [4.78, 5) is 0.0870. The summed E-state index contributed by atoms with van der Waals surface area (Å²) in [5.74, 6) is -0.397. The number of unbranched alkanes of at least 4 members (excludes halogenated alkanes) is 3. The summed E-state index contributed by atoms with van der Waals surface area (Å²) in [6, 6.07) is 5.19. The van der Waals surface area contributed by atoms with E-state index < -0.39 is 15.7 Å². The minimum atomic E-state index is -3.30. The molecule has 0 heterocycles. The van der Waals surface area contributed by atoms with Crippen LogP contribution >= 0.6 is 0 Å². The van der Waals surface area contributed by atoms with Gasteiger partial charge in [0.1, 0.15) is 5.82 Å². The maximum atomic E-state index is 12.9. The molecule has 0 atom stereocenters. The molecule has 0 fully saturated rings. The highest BCUT2D eigenvalue weighted by molar-refractivity contribution is 7.91. The van der Waals surface area contributed by atoms with Gasteiger partial charge in [0.25, 0.3) is 0 Å². The second kappa shape index (κ2) is 5.99. The first-order valence-electron chi connectivity index (χ1n) is 5.54.